The summed E-state index contributed by atoms with van der Waals surface area (Å²) in [5.41, 5.74) is 0.493. The summed E-state index contributed by atoms with van der Waals surface area (Å²) in [6, 6.07) is 8.69. The van der Waals surface area contributed by atoms with E-state index in [1.807, 2.05) is 13.0 Å². The summed E-state index contributed by atoms with van der Waals surface area (Å²) in [5.74, 6) is -0.666. The molecule has 92 valence electrons. The molecule has 0 aromatic heterocycles. The third-order valence-corrected chi connectivity index (χ3v) is 2.04. The van der Waals surface area contributed by atoms with E-state index in [4.69, 9.17) is 9.47 Å². The van der Waals surface area contributed by atoms with Gasteiger partial charge in [0, 0.05) is 6.42 Å². The topological polar surface area (TPSA) is 52.6 Å². The molecule has 4 heteroatoms. The van der Waals surface area contributed by atoms with Crippen LogP contribution in [0.15, 0.2) is 30.3 Å². The highest BCUT2D eigenvalue weighted by molar-refractivity contribution is 5.89. The summed E-state index contributed by atoms with van der Waals surface area (Å²) in [4.78, 5) is 22.4. The number of carbonyl (C=O) groups is 2. The smallest absolute Gasteiger partial charge is 0.338 e. The molecule has 0 aliphatic rings. The first-order chi connectivity index (χ1) is 8.24. The maximum Gasteiger partial charge on any atom is 0.338 e. The highest BCUT2D eigenvalue weighted by Crippen LogP contribution is 2.00. The predicted molar refractivity (Wildman–Crippen MR) is 62.6 cm³/mol. The van der Waals surface area contributed by atoms with Crippen LogP contribution < -0.4 is 0 Å². The minimum absolute atomic E-state index is 0.0865. The Kier molecular flexibility index (Phi) is 5.79. The summed E-state index contributed by atoms with van der Waals surface area (Å²) >= 11 is 0. The van der Waals surface area contributed by atoms with Crippen molar-refractivity contribution < 1.29 is 19.1 Å². The first kappa shape index (κ1) is 13.2. The molecule has 1 aromatic rings. The second kappa shape index (κ2) is 7.44. The quantitative estimate of drug-likeness (QED) is 0.561. The molecule has 1 rings (SSSR count). The normalized spacial score (nSPS) is 9.71. The largest absolute Gasteiger partial charge is 0.462 e. The lowest BCUT2D eigenvalue weighted by Gasteiger charge is -2.05. The van der Waals surface area contributed by atoms with E-state index in [1.54, 1.807) is 24.3 Å². The number of hydrogen-bond donors (Lipinski definition) is 0. The van der Waals surface area contributed by atoms with E-state index in [0.29, 0.717) is 12.0 Å². The van der Waals surface area contributed by atoms with Gasteiger partial charge in [-0.3, -0.25) is 4.79 Å². The molecule has 1 aromatic carbocycles. The first-order valence-electron chi connectivity index (χ1n) is 5.62. The van der Waals surface area contributed by atoms with Gasteiger partial charge in [0.2, 0.25) is 0 Å². The van der Waals surface area contributed by atoms with Crippen molar-refractivity contribution in [2.24, 2.45) is 0 Å². The van der Waals surface area contributed by atoms with Crippen LogP contribution in [0.3, 0.4) is 0 Å². The van der Waals surface area contributed by atoms with Gasteiger partial charge in [-0.2, -0.15) is 0 Å². The van der Waals surface area contributed by atoms with Crippen LogP contribution in [0.2, 0.25) is 0 Å². The van der Waals surface area contributed by atoms with Gasteiger partial charge in [0.15, 0.2) is 0 Å². The van der Waals surface area contributed by atoms with E-state index in [-0.39, 0.29) is 19.2 Å². The van der Waals surface area contributed by atoms with Crippen LogP contribution in [0.25, 0.3) is 0 Å². The number of ether oxygens (including phenoxy) is 2. The molecule has 0 atom stereocenters. The van der Waals surface area contributed by atoms with Gasteiger partial charge in [0.25, 0.3) is 0 Å². The van der Waals surface area contributed by atoms with Crippen molar-refractivity contribution in [3.8, 4) is 0 Å². The third-order valence-electron chi connectivity index (χ3n) is 2.04. The molecule has 0 saturated carbocycles. The third kappa shape index (κ3) is 5.15. The molecule has 0 heterocycles. The van der Waals surface area contributed by atoms with E-state index in [2.05, 4.69) is 0 Å². The van der Waals surface area contributed by atoms with Crippen LogP contribution in [-0.2, 0) is 14.3 Å². The zero-order valence-electron chi connectivity index (χ0n) is 9.85. The lowest BCUT2D eigenvalue weighted by molar-refractivity contribution is -0.144. The van der Waals surface area contributed by atoms with E-state index >= 15 is 0 Å². The lowest BCUT2D eigenvalue weighted by atomic mass is 10.2. The molecule has 4 nitrogen and oxygen atoms in total. The Balaban J connectivity index is 2.19. The van der Waals surface area contributed by atoms with Gasteiger partial charge >= 0.3 is 11.9 Å². The minimum Gasteiger partial charge on any atom is -0.462 e. The first-order valence-corrected chi connectivity index (χ1v) is 5.62. The Morgan fingerprint density at radius 3 is 2.35 bits per heavy atom. The van der Waals surface area contributed by atoms with Crippen molar-refractivity contribution in [3.05, 3.63) is 35.9 Å². The summed E-state index contributed by atoms with van der Waals surface area (Å²) in [6.07, 6.45) is 1.15. The Labute approximate surface area is 101 Å². The molecule has 0 spiro atoms. The minimum atomic E-state index is -0.405. The summed E-state index contributed by atoms with van der Waals surface area (Å²) in [7, 11) is 0. The van der Waals surface area contributed by atoms with Crippen LogP contribution in [0, 0.1) is 0 Å². The molecule has 0 unspecified atom stereocenters. The van der Waals surface area contributed by atoms with Gasteiger partial charge in [-0.25, -0.2) is 4.79 Å². The van der Waals surface area contributed by atoms with Gasteiger partial charge in [0.1, 0.15) is 13.2 Å². The van der Waals surface area contributed by atoms with Gasteiger partial charge < -0.3 is 9.47 Å². The second-order valence-corrected chi connectivity index (χ2v) is 3.47. The van der Waals surface area contributed by atoms with Gasteiger partial charge in [-0.1, -0.05) is 25.1 Å². The van der Waals surface area contributed by atoms with Crippen LogP contribution in [-0.4, -0.2) is 25.2 Å². The predicted octanol–water partition coefficient (Wildman–Crippen LogP) is 2.19. The van der Waals surface area contributed by atoms with Crippen LogP contribution in [0.5, 0.6) is 0 Å². The number of benzene rings is 1. The fraction of sp³-hybridized carbons (Fsp3) is 0.385. The molecule has 0 fully saturated rings. The Morgan fingerprint density at radius 2 is 1.71 bits per heavy atom. The molecule has 0 bridgehead atoms. The van der Waals surface area contributed by atoms with Crippen molar-refractivity contribution in [2.45, 2.75) is 19.8 Å². The monoisotopic (exact) mass is 236 g/mol. The SMILES string of the molecule is CCCC(=O)OCCOC(=O)c1ccccc1. The van der Waals surface area contributed by atoms with Crippen molar-refractivity contribution >= 4 is 11.9 Å². The molecule has 17 heavy (non-hydrogen) atoms. The van der Waals surface area contributed by atoms with Crippen molar-refractivity contribution in [2.75, 3.05) is 13.2 Å². The van der Waals surface area contributed by atoms with E-state index in [9.17, 15) is 9.59 Å². The van der Waals surface area contributed by atoms with Crippen molar-refractivity contribution in [3.63, 3.8) is 0 Å². The summed E-state index contributed by atoms with van der Waals surface area (Å²) in [5, 5.41) is 0. The molecular formula is C13H16O4. The standard InChI is InChI=1S/C13H16O4/c1-2-6-12(14)16-9-10-17-13(15)11-7-4-3-5-8-11/h3-5,7-8H,2,6,9-10H2,1H3. The van der Waals surface area contributed by atoms with Crippen LogP contribution in [0.1, 0.15) is 30.1 Å². The highest BCUT2D eigenvalue weighted by atomic mass is 16.6. The maximum absolute atomic E-state index is 11.5. The highest BCUT2D eigenvalue weighted by Gasteiger charge is 2.06. The number of carbonyl (C=O) groups excluding carboxylic acids is 2. The Morgan fingerprint density at radius 1 is 1.06 bits per heavy atom. The summed E-state index contributed by atoms with van der Waals surface area (Å²) < 4.78 is 9.79. The van der Waals surface area contributed by atoms with Crippen LogP contribution >= 0.6 is 0 Å². The summed E-state index contributed by atoms with van der Waals surface area (Å²) in [6.45, 7) is 2.09. The average Bonchev–Trinajstić information content (AvgIpc) is 2.36. The number of hydrogen-bond acceptors (Lipinski definition) is 4. The second-order valence-electron chi connectivity index (χ2n) is 3.47. The van der Waals surface area contributed by atoms with Gasteiger partial charge in [0.05, 0.1) is 5.56 Å². The fourth-order valence-electron chi connectivity index (χ4n) is 1.22. The van der Waals surface area contributed by atoms with E-state index in [1.165, 1.54) is 0 Å². The van der Waals surface area contributed by atoms with E-state index < -0.39 is 5.97 Å². The lowest BCUT2D eigenvalue weighted by Crippen LogP contribution is -2.13. The zero-order chi connectivity index (χ0) is 12.5. The Bertz CT molecular complexity index is 359. The molecule has 0 N–H and O–H groups in total. The van der Waals surface area contributed by atoms with Gasteiger partial charge in [-0.15, -0.1) is 0 Å². The van der Waals surface area contributed by atoms with Crippen LogP contribution in [0.4, 0.5) is 0 Å². The Hall–Kier alpha value is -1.84. The van der Waals surface area contributed by atoms with E-state index in [0.717, 1.165) is 6.42 Å². The van der Waals surface area contributed by atoms with Crippen molar-refractivity contribution in [1.29, 1.82) is 0 Å². The average molecular weight is 236 g/mol. The molecular weight excluding hydrogens is 220 g/mol. The number of esters is 2. The molecule has 0 saturated heterocycles. The zero-order valence-corrected chi connectivity index (χ0v) is 9.85. The molecule has 0 aliphatic carbocycles. The fourth-order valence-corrected chi connectivity index (χ4v) is 1.22. The molecule has 0 radical (unpaired) electrons. The number of rotatable bonds is 6. The van der Waals surface area contributed by atoms with Gasteiger partial charge in [-0.05, 0) is 18.6 Å². The molecule has 0 aliphatic heterocycles. The van der Waals surface area contributed by atoms with Crippen molar-refractivity contribution in [1.82, 2.24) is 0 Å². The molecule has 0 amide bonds. The maximum atomic E-state index is 11.5.